The Morgan fingerprint density at radius 3 is 2.10 bits per heavy atom. The molecule has 0 unspecified atom stereocenters. The van der Waals surface area contributed by atoms with Crippen molar-refractivity contribution in [2.45, 2.75) is 13.2 Å². The molecule has 0 spiro atoms. The Morgan fingerprint density at radius 2 is 1.48 bits per heavy atom. The lowest BCUT2D eigenvalue weighted by Crippen LogP contribution is -2.29. The lowest BCUT2D eigenvalue weighted by Gasteiger charge is -2.15. The first-order chi connectivity index (χ1) is 14.0. The molecule has 3 aromatic carbocycles. The molecule has 0 fully saturated rings. The van der Waals surface area contributed by atoms with Gasteiger partial charge in [-0.2, -0.15) is 0 Å². The number of hydrogen-bond acceptors (Lipinski definition) is 5. The van der Waals surface area contributed by atoms with Crippen LogP contribution in [0.15, 0.2) is 72.8 Å². The number of fused-ring (bicyclic) bond motifs is 1. The van der Waals surface area contributed by atoms with E-state index < -0.39 is 16.7 Å². The van der Waals surface area contributed by atoms with Crippen LogP contribution in [0.4, 0.5) is 5.69 Å². The molecule has 3 aromatic rings. The summed E-state index contributed by atoms with van der Waals surface area (Å²) in [7, 11) is 0. The number of benzene rings is 3. The van der Waals surface area contributed by atoms with Gasteiger partial charge in [-0.25, -0.2) is 0 Å². The van der Waals surface area contributed by atoms with Crippen LogP contribution in [0.1, 0.15) is 31.8 Å². The van der Waals surface area contributed by atoms with E-state index in [1.165, 1.54) is 18.2 Å². The zero-order chi connectivity index (χ0) is 20.4. The summed E-state index contributed by atoms with van der Waals surface area (Å²) in [5.74, 6) is -0.503. The Bertz CT molecular complexity index is 1080. The monoisotopic (exact) mass is 388 g/mol. The highest BCUT2D eigenvalue weighted by atomic mass is 16.6. The summed E-state index contributed by atoms with van der Waals surface area (Å²) >= 11 is 0. The lowest BCUT2D eigenvalue weighted by molar-refractivity contribution is -0.385. The average Bonchev–Trinajstić information content (AvgIpc) is 2.98. The highest BCUT2D eigenvalue weighted by Crippen LogP contribution is 2.30. The fraction of sp³-hybridized carbons (Fsp3) is 0.0909. The van der Waals surface area contributed by atoms with Crippen LogP contribution in [0, 0.1) is 10.1 Å². The maximum atomic E-state index is 12.6. The maximum absolute atomic E-state index is 12.6. The Labute approximate surface area is 166 Å². The number of hydrogen-bond donors (Lipinski definition) is 0. The van der Waals surface area contributed by atoms with Crippen LogP contribution in [-0.4, -0.2) is 21.6 Å². The van der Waals surface area contributed by atoms with Crippen LogP contribution in [0.3, 0.4) is 0 Å². The van der Waals surface area contributed by atoms with E-state index >= 15 is 0 Å². The molecule has 0 bridgehead atoms. The third-order valence-electron chi connectivity index (χ3n) is 4.70. The number of carbonyl (C=O) groups excluding carboxylic acids is 2. The van der Waals surface area contributed by atoms with Gasteiger partial charge in [0.05, 0.1) is 28.2 Å². The molecular weight excluding hydrogens is 372 g/mol. The van der Waals surface area contributed by atoms with Gasteiger partial charge in [-0.3, -0.25) is 24.6 Å². The number of rotatable bonds is 6. The molecule has 1 aliphatic heterocycles. The number of imide groups is 1. The molecule has 1 heterocycles. The summed E-state index contributed by atoms with van der Waals surface area (Å²) in [5.41, 5.74) is 1.62. The zero-order valence-corrected chi connectivity index (χ0v) is 15.3. The van der Waals surface area contributed by atoms with E-state index in [9.17, 15) is 19.7 Å². The van der Waals surface area contributed by atoms with E-state index in [1.54, 1.807) is 24.3 Å². The summed E-state index contributed by atoms with van der Waals surface area (Å²) < 4.78 is 5.74. The Balaban J connectivity index is 1.60. The minimum absolute atomic E-state index is 0.173. The zero-order valence-electron chi connectivity index (χ0n) is 15.3. The van der Waals surface area contributed by atoms with Gasteiger partial charge in [0.2, 0.25) is 0 Å². The molecule has 0 aliphatic carbocycles. The second-order valence-electron chi connectivity index (χ2n) is 6.56. The topological polar surface area (TPSA) is 89.8 Å². The second-order valence-corrected chi connectivity index (χ2v) is 6.56. The molecular formula is C22H16N2O5. The molecule has 7 nitrogen and oxygen atoms in total. The number of nitrogens with zero attached hydrogens (tertiary/aromatic N) is 2. The van der Waals surface area contributed by atoms with Gasteiger partial charge in [-0.15, -0.1) is 0 Å². The number of ether oxygens (including phenoxy) is 1. The van der Waals surface area contributed by atoms with E-state index in [4.69, 9.17) is 4.74 Å². The van der Waals surface area contributed by atoms with Crippen molar-refractivity contribution in [3.05, 3.63) is 105 Å². The van der Waals surface area contributed by atoms with Crippen LogP contribution in [0.5, 0.6) is 5.75 Å². The van der Waals surface area contributed by atoms with Crippen molar-refractivity contribution < 1.29 is 19.2 Å². The van der Waals surface area contributed by atoms with Crippen LogP contribution >= 0.6 is 0 Å². The summed E-state index contributed by atoms with van der Waals surface area (Å²) in [6.07, 6.45) is 0. The number of amides is 2. The Morgan fingerprint density at radius 1 is 0.862 bits per heavy atom. The molecule has 29 heavy (non-hydrogen) atoms. The van der Waals surface area contributed by atoms with Gasteiger partial charge in [0.15, 0.2) is 0 Å². The smallest absolute Gasteiger partial charge is 0.274 e. The first kappa shape index (κ1) is 18.4. The summed E-state index contributed by atoms with van der Waals surface area (Å²) in [5, 5.41) is 11.4. The van der Waals surface area contributed by atoms with Gasteiger partial charge >= 0.3 is 0 Å². The van der Waals surface area contributed by atoms with E-state index in [-0.39, 0.29) is 17.8 Å². The molecule has 4 rings (SSSR count). The number of nitro groups is 1. The highest BCUT2D eigenvalue weighted by Gasteiger charge is 2.36. The first-order valence-electron chi connectivity index (χ1n) is 8.94. The number of carbonyl (C=O) groups is 2. The van der Waals surface area contributed by atoms with Crippen molar-refractivity contribution in [2.24, 2.45) is 0 Å². The first-order valence-corrected chi connectivity index (χ1v) is 8.94. The van der Waals surface area contributed by atoms with Crippen LogP contribution in [0.25, 0.3) is 0 Å². The van der Waals surface area contributed by atoms with E-state index in [1.807, 2.05) is 30.3 Å². The van der Waals surface area contributed by atoms with E-state index in [0.29, 0.717) is 23.5 Å². The van der Waals surface area contributed by atoms with Crippen LogP contribution < -0.4 is 4.74 Å². The SMILES string of the molecule is O=C1c2ccccc2C(=O)N1Cc1cc(OCc2ccccc2)ccc1[N+](=O)[O-]. The van der Waals surface area contributed by atoms with Crippen molar-refractivity contribution in [3.8, 4) is 5.75 Å². The third kappa shape index (κ3) is 3.58. The normalized spacial score (nSPS) is 12.8. The summed E-state index contributed by atoms with van der Waals surface area (Å²) in [6, 6.07) is 20.3. The van der Waals surface area contributed by atoms with Gasteiger partial charge in [-0.05, 0) is 29.8 Å². The molecule has 0 radical (unpaired) electrons. The summed E-state index contributed by atoms with van der Waals surface area (Å²) in [4.78, 5) is 37.1. The second kappa shape index (κ2) is 7.55. The minimum Gasteiger partial charge on any atom is -0.489 e. The third-order valence-corrected chi connectivity index (χ3v) is 4.70. The highest BCUT2D eigenvalue weighted by molar-refractivity contribution is 6.21. The predicted molar refractivity (Wildman–Crippen MR) is 105 cm³/mol. The summed E-state index contributed by atoms with van der Waals surface area (Å²) in [6.45, 7) is 0.0936. The van der Waals surface area contributed by atoms with Crippen molar-refractivity contribution in [1.82, 2.24) is 4.90 Å². The molecule has 0 saturated carbocycles. The fourth-order valence-electron chi connectivity index (χ4n) is 3.25. The van der Waals surface area contributed by atoms with E-state index in [0.717, 1.165) is 10.5 Å². The molecule has 0 atom stereocenters. The Hall–Kier alpha value is -4.00. The molecule has 0 aromatic heterocycles. The van der Waals surface area contributed by atoms with Crippen molar-refractivity contribution >= 4 is 17.5 Å². The van der Waals surface area contributed by atoms with Gasteiger partial charge in [-0.1, -0.05) is 42.5 Å². The van der Waals surface area contributed by atoms with Gasteiger partial charge in [0.1, 0.15) is 12.4 Å². The molecule has 1 aliphatic rings. The molecule has 0 N–H and O–H groups in total. The lowest BCUT2D eigenvalue weighted by atomic mass is 10.1. The minimum atomic E-state index is -0.533. The fourth-order valence-corrected chi connectivity index (χ4v) is 3.25. The Kier molecular flexibility index (Phi) is 4.78. The largest absolute Gasteiger partial charge is 0.489 e. The van der Waals surface area contributed by atoms with Gasteiger partial charge < -0.3 is 4.74 Å². The van der Waals surface area contributed by atoms with Crippen molar-refractivity contribution in [3.63, 3.8) is 0 Å². The predicted octanol–water partition coefficient (Wildman–Crippen LogP) is 3.97. The maximum Gasteiger partial charge on any atom is 0.274 e. The molecule has 7 heteroatoms. The average molecular weight is 388 g/mol. The van der Waals surface area contributed by atoms with Gasteiger partial charge in [0.25, 0.3) is 17.5 Å². The van der Waals surface area contributed by atoms with E-state index in [2.05, 4.69) is 0 Å². The number of nitro benzene ring substituents is 1. The van der Waals surface area contributed by atoms with Gasteiger partial charge in [0, 0.05) is 6.07 Å². The molecule has 2 amide bonds. The molecule has 144 valence electrons. The van der Waals surface area contributed by atoms with Crippen molar-refractivity contribution in [1.29, 1.82) is 0 Å². The molecule has 0 saturated heterocycles. The quantitative estimate of drug-likeness (QED) is 0.362. The van der Waals surface area contributed by atoms with Crippen molar-refractivity contribution in [2.75, 3.05) is 0 Å². The van der Waals surface area contributed by atoms with Crippen LogP contribution in [0.2, 0.25) is 0 Å². The van der Waals surface area contributed by atoms with Crippen LogP contribution in [-0.2, 0) is 13.2 Å². The standard InChI is InChI=1S/C22H16N2O5/c25-21-18-8-4-5-9-19(18)22(26)23(21)13-16-12-17(10-11-20(16)24(27)28)29-14-15-6-2-1-3-7-15/h1-12H,13-14H2.